The van der Waals surface area contributed by atoms with Gasteiger partial charge in [0, 0.05) is 25.6 Å². The van der Waals surface area contributed by atoms with E-state index in [-0.39, 0.29) is 30.0 Å². The Kier molecular flexibility index (Phi) is 8.38. The zero-order chi connectivity index (χ0) is 30.1. The van der Waals surface area contributed by atoms with E-state index in [1.807, 2.05) is 56.0 Å². The van der Waals surface area contributed by atoms with Gasteiger partial charge in [-0.1, -0.05) is 18.2 Å². The van der Waals surface area contributed by atoms with Crippen LogP contribution >= 0.6 is 11.3 Å². The fourth-order valence-electron chi connectivity index (χ4n) is 6.63. The van der Waals surface area contributed by atoms with E-state index in [1.54, 1.807) is 23.5 Å². The lowest BCUT2D eigenvalue weighted by atomic mass is 9.87. The summed E-state index contributed by atoms with van der Waals surface area (Å²) in [5, 5.41) is 4.33. The Morgan fingerprint density at radius 3 is 2.51 bits per heavy atom. The number of fused-ring (bicyclic) bond motifs is 1. The summed E-state index contributed by atoms with van der Waals surface area (Å²) in [4.78, 5) is 38.8. The summed E-state index contributed by atoms with van der Waals surface area (Å²) in [6.07, 6.45) is 2.12. The number of likely N-dealkylation sites (tertiary alicyclic amines) is 2. The van der Waals surface area contributed by atoms with Crippen LogP contribution in [-0.4, -0.2) is 70.0 Å². The van der Waals surface area contributed by atoms with Crippen LogP contribution in [0.1, 0.15) is 72.8 Å². The van der Waals surface area contributed by atoms with Crippen LogP contribution in [0.4, 0.5) is 4.39 Å². The normalized spacial score (nSPS) is 20.1. The molecule has 1 amide bonds. The van der Waals surface area contributed by atoms with Crippen molar-refractivity contribution in [2.45, 2.75) is 57.5 Å². The van der Waals surface area contributed by atoms with Gasteiger partial charge in [0.1, 0.15) is 23.7 Å². The monoisotopic (exact) mass is 602 g/mol. The van der Waals surface area contributed by atoms with E-state index in [0.29, 0.717) is 47.3 Å². The van der Waals surface area contributed by atoms with Gasteiger partial charge < -0.3 is 19.5 Å². The number of carbonyl (C=O) groups is 2. The van der Waals surface area contributed by atoms with Gasteiger partial charge in [0.25, 0.3) is 5.91 Å². The SMILES string of the molecule is CC(C)(C)OC(=O)Cc1nc2cccc(C(=O)N3C[C@@H](CN4CCC(c5ccc(F)cc5)CC4)[C@H](c4ccsc4)C3)c2[nH]1. The van der Waals surface area contributed by atoms with Crippen LogP contribution in [0.2, 0.25) is 0 Å². The van der Waals surface area contributed by atoms with Crippen LogP contribution in [0.25, 0.3) is 11.0 Å². The molecule has 1 N–H and O–H groups in total. The largest absolute Gasteiger partial charge is 0.460 e. The van der Waals surface area contributed by atoms with Crippen molar-refractivity contribution in [1.29, 1.82) is 0 Å². The second-order valence-electron chi connectivity index (χ2n) is 12.9. The maximum absolute atomic E-state index is 14.0. The number of halogens is 1. The van der Waals surface area contributed by atoms with Crippen molar-refractivity contribution in [2.24, 2.45) is 5.92 Å². The van der Waals surface area contributed by atoms with Crippen molar-refractivity contribution in [3.63, 3.8) is 0 Å². The number of nitrogens with one attached hydrogen (secondary N) is 1. The number of nitrogens with zero attached hydrogens (tertiary/aromatic N) is 3. The molecule has 0 spiro atoms. The Labute approximate surface area is 256 Å². The number of piperidine rings is 1. The van der Waals surface area contributed by atoms with E-state index in [2.05, 4.69) is 31.7 Å². The molecule has 7 nitrogen and oxygen atoms in total. The van der Waals surface area contributed by atoms with Crippen molar-refractivity contribution in [3.8, 4) is 0 Å². The molecule has 2 aliphatic rings. The van der Waals surface area contributed by atoms with E-state index >= 15 is 0 Å². The summed E-state index contributed by atoms with van der Waals surface area (Å²) < 4.78 is 18.9. The van der Waals surface area contributed by atoms with E-state index in [9.17, 15) is 14.0 Å². The Bertz CT molecular complexity index is 1570. The number of benzene rings is 2. The topological polar surface area (TPSA) is 78.5 Å². The van der Waals surface area contributed by atoms with Crippen LogP contribution in [0.5, 0.6) is 0 Å². The number of thiophene rings is 1. The summed E-state index contributed by atoms with van der Waals surface area (Å²) in [5.74, 6) is 0.979. The van der Waals surface area contributed by atoms with Crippen molar-refractivity contribution >= 4 is 34.2 Å². The molecule has 0 radical (unpaired) electrons. The lowest BCUT2D eigenvalue weighted by Crippen LogP contribution is -2.38. The van der Waals surface area contributed by atoms with Gasteiger partial charge >= 0.3 is 5.97 Å². The molecule has 43 heavy (non-hydrogen) atoms. The predicted octanol–water partition coefficient (Wildman–Crippen LogP) is 6.38. The molecule has 6 rings (SSSR count). The van der Waals surface area contributed by atoms with Crippen molar-refractivity contribution < 1.29 is 18.7 Å². The highest BCUT2D eigenvalue weighted by atomic mass is 32.1. The molecular weight excluding hydrogens is 563 g/mol. The first-order valence-corrected chi connectivity index (χ1v) is 16.1. The molecule has 0 unspecified atom stereocenters. The molecule has 2 atom stereocenters. The highest BCUT2D eigenvalue weighted by Gasteiger charge is 2.38. The molecule has 2 fully saturated rings. The van der Waals surface area contributed by atoms with Gasteiger partial charge in [-0.15, -0.1) is 0 Å². The second-order valence-corrected chi connectivity index (χ2v) is 13.7. The minimum atomic E-state index is -0.575. The van der Waals surface area contributed by atoms with Crippen molar-refractivity contribution in [1.82, 2.24) is 19.8 Å². The highest BCUT2D eigenvalue weighted by molar-refractivity contribution is 7.08. The van der Waals surface area contributed by atoms with E-state index in [1.165, 1.54) is 11.1 Å². The summed E-state index contributed by atoms with van der Waals surface area (Å²) in [6, 6.07) is 14.7. The fraction of sp³-hybridized carbons (Fsp3) is 0.441. The molecule has 2 aromatic heterocycles. The molecule has 9 heteroatoms. The molecule has 4 heterocycles. The van der Waals surface area contributed by atoms with Gasteiger partial charge in [0.05, 0.1) is 16.6 Å². The van der Waals surface area contributed by atoms with Crippen molar-refractivity contribution in [3.05, 3.63) is 87.6 Å². The molecule has 2 aromatic carbocycles. The number of hydrogen-bond acceptors (Lipinski definition) is 6. The van der Waals surface area contributed by atoms with Crippen molar-refractivity contribution in [2.75, 3.05) is 32.7 Å². The number of ether oxygens (including phenoxy) is 1. The third-order valence-electron chi connectivity index (χ3n) is 8.65. The smallest absolute Gasteiger partial charge is 0.313 e. The Balaban J connectivity index is 1.15. The zero-order valence-corrected chi connectivity index (χ0v) is 25.8. The quantitative estimate of drug-likeness (QED) is 0.248. The standard InChI is InChI=1S/C34H39FN4O3S/c1-34(2,3)42-31(40)17-30-36-29-6-4-5-27(32(29)37-30)33(41)39-19-25(28(20-39)24-13-16-43-21-24)18-38-14-11-23(12-15-38)22-7-9-26(35)10-8-22/h4-10,13,16,21,23,25,28H,11-12,14-15,17-20H2,1-3H3,(H,36,37)/t25-,28+/m1/s1. The van der Waals surface area contributed by atoms with Gasteiger partial charge in [-0.25, -0.2) is 9.37 Å². The van der Waals surface area contributed by atoms with Crippen LogP contribution in [0, 0.1) is 11.7 Å². The number of aromatic amines is 1. The number of rotatable bonds is 7. The molecule has 4 aromatic rings. The van der Waals surface area contributed by atoms with Gasteiger partial charge in [-0.2, -0.15) is 11.3 Å². The molecule has 2 saturated heterocycles. The molecule has 0 saturated carbocycles. The third-order valence-corrected chi connectivity index (χ3v) is 9.35. The number of carbonyl (C=O) groups excluding carboxylic acids is 2. The van der Waals surface area contributed by atoms with Crippen LogP contribution < -0.4 is 0 Å². The maximum atomic E-state index is 14.0. The first kappa shape index (κ1) is 29.5. The molecule has 0 aliphatic carbocycles. The number of amides is 1. The van der Waals surface area contributed by atoms with Crippen LogP contribution in [0.15, 0.2) is 59.3 Å². The number of H-pyrrole nitrogens is 1. The summed E-state index contributed by atoms with van der Waals surface area (Å²) in [5.41, 5.74) is 3.84. The number of aromatic nitrogens is 2. The predicted molar refractivity (Wildman–Crippen MR) is 167 cm³/mol. The number of para-hydroxylation sites is 1. The third kappa shape index (κ3) is 6.83. The van der Waals surface area contributed by atoms with Gasteiger partial charge in [-0.3, -0.25) is 9.59 Å². The lowest BCUT2D eigenvalue weighted by Gasteiger charge is -2.34. The highest BCUT2D eigenvalue weighted by Crippen LogP contribution is 2.37. The molecular formula is C34H39FN4O3S. The molecule has 0 bridgehead atoms. The van der Waals surface area contributed by atoms with Crippen LogP contribution in [0.3, 0.4) is 0 Å². The molecule has 2 aliphatic heterocycles. The summed E-state index contributed by atoms with van der Waals surface area (Å²) in [7, 11) is 0. The zero-order valence-electron chi connectivity index (χ0n) is 25.0. The van der Waals surface area contributed by atoms with E-state index < -0.39 is 5.60 Å². The Hall–Kier alpha value is -3.56. The van der Waals surface area contributed by atoms with Crippen LogP contribution in [-0.2, 0) is 16.0 Å². The maximum Gasteiger partial charge on any atom is 0.313 e. The number of imidazole rings is 1. The first-order valence-electron chi connectivity index (χ1n) is 15.1. The Morgan fingerprint density at radius 1 is 1.05 bits per heavy atom. The van der Waals surface area contributed by atoms with E-state index in [4.69, 9.17) is 4.74 Å². The average molecular weight is 603 g/mol. The Morgan fingerprint density at radius 2 is 1.81 bits per heavy atom. The number of hydrogen-bond donors (Lipinski definition) is 1. The van der Waals surface area contributed by atoms with E-state index in [0.717, 1.165) is 32.5 Å². The van der Waals surface area contributed by atoms with Gasteiger partial charge in [-0.05, 0) is 111 Å². The van der Waals surface area contributed by atoms with Gasteiger partial charge in [0.2, 0.25) is 0 Å². The first-order chi connectivity index (χ1) is 20.6. The second kappa shape index (κ2) is 12.2. The van der Waals surface area contributed by atoms with Gasteiger partial charge in [0.15, 0.2) is 0 Å². The minimum absolute atomic E-state index is 0.0173. The fourth-order valence-corrected chi connectivity index (χ4v) is 7.35. The minimum Gasteiger partial charge on any atom is -0.460 e. The average Bonchev–Trinajstić information content (AvgIpc) is 3.72. The molecule has 226 valence electrons. The summed E-state index contributed by atoms with van der Waals surface area (Å²) in [6.45, 7) is 9.80. The summed E-state index contributed by atoms with van der Waals surface area (Å²) >= 11 is 1.70. The number of esters is 1. The lowest BCUT2D eigenvalue weighted by molar-refractivity contribution is -0.154.